The topological polar surface area (TPSA) is 12.0 Å². The van der Waals surface area contributed by atoms with Gasteiger partial charge in [0.15, 0.2) is 0 Å². The Hall–Kier alpha value is -0.0400. The highest BCUT2D eigenvalue weighted by Crippen LogP contribution is 2.16. The minimum Gasteiger partial charge on any atom is -0.314 e. The zero-order valence-electron chi connectivity index (χ0n) is 10.6. The summed E-state index contributed by atoms with van der Waals surface area (Å²) in [6.45, 7) is 10.3. The second kappa shape index (κ2) is 9.51. The van der Waals surface area contributed by atoms with E-state index in [1.54, 1.807) is 0 Å². The summed E-state index contributed by atoms with van der Waals surface area (Å²) in [6.07, 6.45) is 8.17. The van der Waals surface area contributed by atoms with Gasteiger partial charge in [-0.15, -0.1) is 0 Å². The first-order valence-electron chi connectivity index (χ1n) is 6.49. The molecule has 1 nitrogen and oxygen atoms in total. The maximum absolute atomic E-state index is 3.61. The summed E-state index contributed by atoms with van der Waals surface area (Å²) in [5.74, 6) is 0.849. The first-order valence-corrected chi connectivity index (χ1v) is 6.49. The Bertz CT molecular complexity index is 106. The van der Waals surface area contributed by atoms with Gasteiger partial charge in [0.25, 0.3) is 0 Å². The maximum atomic E-state index is 3.61. The predicted octanol–water partition coefficient (Wildman–Crippen LogP) is 3.98. The van der Waals surface area contributed by atoms with Crippen LogP contribution in [0.25, 0.3) is 0 Å². The van der Waals surface area contributed by atoms with E-state index in [1.807, 2.05) is 0 Å². The number of hydrogen-bond acceptors (Lipinski definition) is 1. The molecule has 0 amide bonds. The van der Waals surface area contributed by atoms with E-state index in [9.17, 15) is 0 Å². The minimum atomic E-state index is 0.752. The summed E-state index contributed by atoms with van der Waals surface area (Å²) in [5.41, 5.74) is 0. The van der Waals surface area contributed by atoms with E-state index in [0.717, 1.165) is 18.5 Å². The van der Waals surface area contributed by atoms with Crippen molar-refractivity contribution in [3.63, 3.8) is 0 Å². The summed E-state index contributed by atoms with van der Waals surface area (Å²) in [4.78, 5) is 0. The normalized spacial score (nSPS) is 15.4. The van der Waals surface area contributed by atoms with Crippen LogP contribution in [0.15, 0.2) is 0 Å². The van der Waals surface area contributed by atoms with E-state index >= 15 is 0 Å². The standard InChI is InChI=1S/C13H29N/c1-5-8-9-11-12(4)13(10-6-2)14-7-3/h12-14H,5-11H2,1-4H3. The van der Waals surface area contributed by atoms with Crippen molar-refractivity contribution in [3.05, 3.63) is 0 Å². The molecule has 0 aliphatic rings. The molecule has 0 aromatic carbocycles. The number of unbranched alkanes of at least 4 members (excludes halogenated alkanes) is 2. The van der Waals surface area contributed by atoms with E-state index in [2.05, 4.69) is 33.0 Å². The van der Waals surface area contributed by atoms with Gasteiger partial charge in [0.05, 0.1) is 0 Å². The number of nitrogens with one attached hydrogen (secondary N) is 1. The molecule has 0 aliphatic heterocycles. The zero-order chi connectivity index (χ0) is 10.8. The van der Waals surface area contributed by atoms with Crippen LogP contribution >= 0.6 is 0 Å². The van der Waals surface area contributed by atoms with Crippen molar-refractivity contribution in [2.24, 2.45) is 5.92 Å². The quantitative estimate of drug-likeness (QED) is 0.554. The van der Waals surface area contributed by atoms with Crippen LogP contribution in [0, 0.1) is 5.92 Å². The van der Waals surface area contributed by atoms with Crippen molar-refractivity contribution in [3.8, 4) is 0 Å². The molecule has 0 bridgehead atoms. The average Bonchev–Trinajstić information content (AvgIpc) is 2.18. The minimum absolute atomic E-state index is 0.752. The molecule has 0 aromatic rings. The third-order valence-corrected chi connectivity index (χ3v) is 3.02. The lowest BCUT2D eigenvalue weighted by Crippen LogP contribution is -2.34. The molecule has 1 N–H and O–H groups in total. The van der Waals surface area contributed by atoms with Gasteiger partial charge < -0.3 is 5.32 Å². The third kappa shape index (κ3) is 6.42. The summed E-state index contributed by atoms with van der Waals surface area (Å²) >= 11 is 0. The summed E-state index contributed by atoms with van der Waals surface area (Å²) in [5, 5.41) is 3.61. The fourth-order valence-corrected chi connectivity index (χ4v) is 2.08. The summed E-state index contributed by atoms with van der Waals surface area (Å²) in [7, 11) is 0. The Morgan fingerprint density at radius 3 is 2.14 bits per heavy atom. The van der Waals surface area contributed by atoms with Crippen molar-refractivity contribution in [2.75, 3.05) is 6.54 Å². The lowest BCUT2D eigenvalue weighted by atomic mass is 9.92. The highest BCUT2D eigenvalue weighted by molar-refractivity contribution is 4.72. The summed E-state index contributed by atoms with van der Waals surface area (Å²) < 4.78 is 0. The van der Waals surface area contributed by atoms with Gasteiger partial charge >= 0.3 is 0 Å². The van der Waals surface area contributed by atoms with Crippen LogP contribution in [0.4, 0.5) is 0 Å². The monoisotopic (exact) mass is 199 g/mol. The van der Waals surface area contributed by atoms with Crippen molar-refractivity contribution < 1.29 is 0 Å². The van der Waals surface area contributed by atoms with Crippen LogP contribution < -0.4 is 5.32 Å². The Balaban J connectivity index is 3.69. The Morgan fingerprint density at radius 1 is 0.929 bits per heavy atom. The fourth-order valence-electron chi connectivity index (χ4n) is 2.08. The predicted molar refractivity (Wildman–Crippen MR) is 65.7 cm³/mol. The Kier molecular flexibility index (Phi) is 9.49. The molecule has 0 heterocycles. The van der Waals surface area contributed by atoms with Gasteiger partial charge in [0.1, 0.15) is 0 Å². The van der Waals surface area contributed by atoms with Gasteiger partial charge in [-0.2, -0.15) is 0 Å². The highest BCUT2D eigenvalue weighted by atomic mass is 14.9. The van der Waals surface area contributed by atoms with Crippen molar-refractivity contribution >= 4 is 0 Å². The number of rotatable bonds is 9. The highest BCUT2D eigenvalue weighted by Gasteiger charge is 2.14. The van der Waals surface area contributed by atoms with Crippen molar-refractivity contribution in [1.82, 2.24) is 5.32 Å². The Morgan fingerprint density at radius 2 is 1.64 bits per heavy atom. The van der Waals surface area contributed by atoms with E-state index in [0.29, 0.717) is 0 Å². The zero-order valence-corrected chi connectivity index (χ0v) is 10.6. The lowest BCUT2D eigenvalue weighted by Gasteiger charge is -2.24. The third-order valence-electron chi connectivity index (χ3n) is 3.02. The van der Waals surface area contributed by atoms with Crippen LogP contribution in [-0.2, 0) is 0 Å². The van der Waals surface area contributed by atoms with Crippen LogP contribution in [0.2, 0.25) is 0 Å². The van der Waals surface area contributed by atoms with Crippen LogP contribution in [0.5, 0.6) is 0 Å². The number of hydrogen-bond donors (Lipinski definition) is 1. The van der Waals surface area contributed by atoms with E-state index in [-0.39, 0.29) is 0 Å². The van der Waals surface area contributed by atoms with Crippen molar-refractivity contribution in [1.29, 1.82) is 0 Å². The first-order chi connectivity index (χ1) is 6.76. The molecule has 2 unspecified atom stereocenters. The molecule has 0 saturated heterocycles. The smallest absolute Gasteiger partial charge is 0.00924 e. The SMILES string of the molecule is CCCCCC(C)C(CCC)NCC. The molecule has 0 fully saturated rings. The molecule has 0 aromatic heterocycles. The van der Waals surface area contributed by atoms with E-state index in [4.69, 9.17) is 0 Å². The molecule has 0 spiro atoms. The molecule has 86 valence electrons. The van der Waals surface area contributed by atoms with Crippen molar-refractivity contribution in [2.45, 2.75) is 72.3 Å². The van der Waals surface area contributed by atoms with Gasteiger partial charge in [-0.1, -0.05) is 53.4 Å². The summed E-state index contributed by atoms with van der Waals surface area (Å²) in [6, 6.07) is 0.752. The average molecular weight is 199 g/mol. The molecule has 14 heavy (non-hydrogen) atoms. The van der Waals surface area contributed by atoms with E-state index < -0.39 is 0 Å². The van der Waals surface area contributed by atoms with E-state index in [1.165, 1.54) is 38.5 Å². The maximum Gasteiger partial charge on any atom is 0.00924 e. The second-order valence-corrected chi connectivity index (χ2v) is 4.43. The molecule has 0 rings (SSSR count). The van der Waals surface area contributed by atoms with Gasteiger partial charge in [-0.25, -0.2) is 0 Å². The molecule has 0 saturated carbocycles. The molecule has 2 atom stereocenters. The van der Waals surface area contributed by atoms with Crippen LogP contribution in [-0.4, -0.2) is 12.6 Å². The Labute approximate surface area is 90.7 Å². The van der Waals surface area contributed by atoms with Gasteiger partial charge in [0.2, 0.25) is 0 Å². The largest absolute Gasteiger partial charge is 0.314 e. The lowest BCUT2D eigenvalue weighted by molar-refractivity contribution is 0.333. The second-order valence-electron chi connectivity index (χ2n) is 4.43. The molecular formula is C13H29N. The molecule has 1 heteroatoms. The van der Waals surface area contributed by atoms with Gasteiger partial charge in [-0.3, -0.25) is 0 Å². The molecule has 0 radical (unpaired) electrons. The van der Waals surface area contributed by atoms with Gasteiger partial charge in [-0.05, 0) is 25.3 Å². The molecular weight excluding hydrogens is 170 g/mol. The van der Waals surface area contributed by atoms with Gasteiger partial charge in [0, 0.05) is 6.04 Å². The van der Waals surface area contributed by atoms with Crippen LogP contribution in [0.1, 0.15) is 66.2 Å². The molecule has 0 aliphatic carbocycles. The first kappa shape index (κ1) is 14.0. The fraction of sp³-hybridized carbons (Fsp3) is 1.00. The van der Waals surface area contributed by atoms with Crippen LogP contribution in [0.3, 0.4) is 0 Å².